The van der Waals surface area contributed by atoms with Gasteiger partial charge >= 0.3 is 0 Å². The predicted octanol–water partition coefficient (Wildman–Crippen LogP) is 1.55. The lowest BCUT2D eigenvalue weighted by molar-refractivity contribution is 0.0292. The number of aromatic nitrogens is 2. The summed E-state index contributed by atoms with van der Waals surface area (Å²) in [6, 6.07) is 0.0519. The SMILES string of the molecule is Cc1nccn1C[C@@H]1CCCN1S(=O)(=O)[C@H]1CCO[C@H](C)C1. The van der Waals surface area contributed by atoms with Crippen LogP contribution in [0.2, 0.25) is 0 Å². The molecule has 3 heterocycles. The van der Waals surface area contributed by atoms with Crippen molar-refractivity contribution >= 4 is 10.0 Å². The number of aryl methyl sites for hydroxylation is 1. The second-order valence-corrected chi connectivity index (χ2v) is 8.57. The Kier molecular flexibility index (Phi) is 4.56. The second-order valence-electron chi connectivity index (χ2n) is 6.41. The van der Waals surface area contributed by atoms with Crippen molar-refractivity contribution in [2.75, 3.05) is 13.2 Å². The van der Waals surface area contributed by atoms with Gasteiger partial charge in [-0.2, -0.15) is 4.31 Å². The molecule has 1 aromatic heterocycles. The number of sulfonamides is 1. The summed E-state index contributed by atoms with van der Waals surface area (Å²) in [5.74, 6) is 0.934. The van der Waals surface area contributed by atoms with Crippen molar-refractivity contribution in [1.29, 1.82) is 0 Å². The number of imidazole rings is 1. The summed E-state index contributed by atoms with van der Waals surface area (Å²) in [6.07, 6.45) is 6.81. The molecule has 0 N–H and O–H groups in total. The van der Waals surface area contributed by atoms with Gasteiger partial charge in [-0.15, -0.1) is 0 Å². The van der Waals surface area contributed by atoms with E-state index in [9.17, 15) is 8.42 Å². The molecular formula is C15H25N3O3S. The average Bonchev–Trinajstić information content (AvgIpc) is 3.10. The summed E-state index contributed by atoms with van der Waals surface area (Å²) in [6.45, 7) is 5.80. The Morgan fingerprint density at radius 3 is 2.91 bits per heavy atom. The third-order valence-corrected chi connectivity index (χ3v) is 7.24. The van der Waals surface area contributed by atoms with Crippen LogP contribution >= 0.6 is 0 Å². The van der Waals surface area contributed by atoms with Gasteiger partial charge in [0, 0.05) is 38.1 Å². The van der Waals surface area contributed by atoms with Gasteiger partial charge in [-0.1, -0.05) is 0 Å². The zero-order valence-electron chi connectivity index (χ0n) is 13.3. The molecule has 0 aromatic carbocycles. The van der Waals surface area contributed by atoms with Crippen LogP contribution in [0.5, 0.6) is 0 Å². The predicted molar refractivity (Wildman–Crippen MR) is 84.0 cm³/mol. The van der Waals surface area contributed by atoms with E-state index in [4.69, 9.17) is 4.74 Å². The van der Waals surface area contributed by atoms with Crippen molar-refractivity contribution in [3.8, 4) is 0 Å². The van der Waals surface area contributed by atoms with E-state index in [-0.39, 0.29) is 17.4 Å². The van der Waals surface area contributed by atoms with Gasteiger partial charge in [0.05, 0.1) is 11.4 Å². The highest BCUT2D eigenvalue weighted by Gasteiger charge is 2.41. The molecule has 2 aliphatic heterocycles. The zero-order valence-corrected chi connectivity index (χ0v) is 14.1. The van der Waals surface area contributed by atoms with E-state index in [1.54, 1.807) is 10.5 Å². The Morgan fingerprint density at radius 1 is 1.41 bits per heavy atom. The molecule has 0 saturated carbocycles. The molecule has 1 aromatic rings. The van der Waals surface area contributed by atoms with Crippen molar-refractivity contribution in [2.45, 2.75) is 63.5 Å². The third kappa shape index (κ3) is 3.07. The summed E-state index contributed by atoms with van der Waals surface area (Å²) in [7, 11) is -3.24. The Morgan fingerprint density at radius 2 is 2.23 bits per heavy atom. The van der Waals surface area contributed by atoms with E-state index < -0.39 is 10.0 Å². The van der Waals surface area contributed by atoms with Crippen LogP contribution in [0.15, 0.2) is 12.4 Å². The van der Waals surface area contributed by atoms with Crippen LogP contribution < -0.4 is 0 Å². The normalized spacial score (nSPS) is 30.7. The van der Waals surface area contributed by atoms with E-state index in [1.807, 2.05) is 24.6 Å². The van der Waals surface area contributed by atoms with Gasteiger partial charge in [-0.3, -0.25) is 0 Å². The molecule has 124 valence electrons. The first-order valence-electron chi connectivity index (χ1n) is 8.08. The van der Waals surface area contributed by atoms with Crippen molar-refractivity contribution in [3.63, 3.8) is 0 Å². The lowest BCUT2D eigenvalue weighted by Crippen LogP contribution is -2.46. The number of ether oxygens (including phenoxy) is 1. The van der Waals surface area contributed by atoms with Crippen LogP contribution in [0.1, 0.15) is 38.4 Å². The molecule has 0 unspecified atom stereocenters. The Hall–Kier alpha value is -0.920. The first kappa shape index (κ1) is 16.0. The Labute approximate surface area is 132 Å². The van der Waals surface area contributed by atoms with Crippen molar-refractivity contribution in [3.05, 3.63) is 18.2 Å². The standard InChI is InChI=1S/C15H25N3O3S/c1-12-10-15(5-9-21-12)22(19,20)18-7-3-4-14(18)11-17-8-6-16-13(17)2/h6,8,12,14-15H,3-5,7,9-11H2,1-2H3/t12-,14+,15+/m1/s1. The van der Waals surface area contributed by atoms with E-state index >= 15 is 0 Å². The minimum Gasteiger partial charge on any atom is -0.378 e. The molecular weight excluding hydrogens is 302 g/mol. The minimum absolute atomic E-state index is 0.0328. The maximum Gasteiger partial charge on any atom is 0.217 e. The molecule has 2 fully saturated rings. The van der Waals surface area contributed by atoms with Gasteiger partial charge in [0.15, 0.2) is 0 Å². The van der Waals surface area contributed by atoms with Gasteiger partial charge in [0.1, 0.15) is 5.82 Å². The second kappa shape index (κ2) is 6.29. The lowest BCUT2D eigenvalue weighted by Gasteiger charge is -2.33. The maximum atomic E-state index is 13.0. The third-order valence-electron chi connectivity index (χ3n) is 4.84. The maximum absolute atomic E-state index is 13.0. The number of rotatable bonds is 4. The number of nitrogens with zero attached hydrogens (tertiary/aromatic N) is 3. The van der Waals surface area contributed by atoms with E-state index in [2.05, 4.69) is 4.98 Å². The van der Waals surface area contributed by atoms with Crippen LogP contribution in [0.25, 0.3) is 0 Å². The number of hydrogen-bond acceptors (Lipinski definition) is 4. The quantitative estimate of drug-likeness (QED) is 0.842. The Bertz CT molecular complexity index is 613. The molecule has 0 radical (unpaired) electrons. The highest BCUT2D eigenvalue weighted by atomic mass is 32.2. The minimum atomic E-state index is -3.24. The smallest absolute Gasteiger partial charge is 0.217 e. The molecule has 0 bridgehead atoms. The monoisotopic (exact) mass is 327 g/mol. The molecule has 22 heavy (non-hydrogen) atoms. The van der Waals surface area contributed by atoms with Gasteiger partial charge in [0.2, 0.25) is 10.0 Å². The van der Waals surface area contributed by atoms with Gasteiger partial charge in [-0.05, 0) is 39.5 Å². The molecule has 6 nitrogen and oxygen atoms in total. The molecule has 2 aliphatic rings. The zero-order chi connectivity index (χ0) is 15.7. The fourth-order valence-electron chi connectivity index (χ4n) is 3.57. The van der Waals surface area contributed by atoms with Crippen LogP contribution in [0, 0.1) is 6.92 Å². The molecule has 0 amide bonds. The van der Waals surface area contributed by atoms with E-state index in [1.165, 1.54) is 0 Å². The van der Waals surface area contributed by atoms with Crippen LogP contribution in [-0.4, -0.2) is 52.8 Å². The van der Waals surface area contributed by atoms with Gasteiger partial charge in [0.25, 0.3) is 0 Å². The van der Waals surface area contributed by atoms with Crippen LogP contribution in [-0.2, 0) is 21.3 Å². The lowest BCUT2D eigenvalue weighted by atomic mass is 10.1. The summed E-state index contributed by atoms with van der Waals surface area (Å²) in [5, 5.41) is -0.291. The molecule has 2 saturated heterocycles. The van der Waals surface area contributed by atoms with Gasteiger partial charge in [-0.25, -0.2) is 13.4 Å². The topological polar surface area (TPSA) is 64.4 Å². The van der Waals surface area contributed by atoms with Crippen LogP contribution in [0.3, 0.4) is 0 Å². The van der Waals surface area contributed by atoms with E-state index in [0.29, 0.717) is 32.5 Å². The van der Waals surface area contributed by atoms with Crippen molar-refractivity contribution < 1.29 is 13.2 Å². The Balaban J connectivity index is 1.75. The first-order chi connectivity index (χ1) is 10.5. The van der Waals surface area contributed by atoms with Gasteiger partial charge < -0.3 is 9.30 Å². The number of hydrogen-bond donors (Lipinski definition) is 0. The summed E-state index contributed by atoms with van der Waals surface area (Å²) in [4.78, 5) is 4.22. The van der Waals surface area contributed by atoms with E-state index in [0.717, 1.165) is 18.7 Å². The van der Waals surface area contributed by atoms with Crippen molar-refractivity contribution in [2.24, 2.45) is 0 Å². The molecule has 3 atom stereocenters. The molecule has 0 aliphatic carbocycles. The highest BCUT2D eigenvalue weighted by Crippen LogP contribution is 2.30. The fraction of sp³-hybridized carbons (Fsp3) is 0.800. The molecule has 0 spiro atoms. The highest BCUT2D eigenvalue weighted by molar-refractivity contribution is 7.89. The van der Waals surface area contributed by atoms with Crippen molar-refractivity contribution in [1.82, 2.24) is 13.9 Å². The summed E-state index contributed by atoms with van der Waals surface area (Å²) in [5.41, 5.74) is 0. The summed E-state index contributed by atoms with van der Waals surface area (Å²) < 4.78 is 35.3. The van der Waals surface area contributed by atoms with Crippen LogP contribution in [0.4, 0.5) is 0 Å². The average molecular weight is 327 g/mol. The first-order valence-corrected chi connectivity index (χ1v) is 9.59. The summed E-state index contributed by atoms with van der Waals surface area (Å²) >= 11 is 0. The largest absolute Gasteiger partial charge is 0.378 e. The molecule has 3 rings (SSSR count). The fourth-order valence-corrected chi connectivity index (χ4v) is 5.83. The molecule has 7 heteroatoms.